The molecule has 1 heterocycles. The normalized spacial score (nSPS) is 10.4. The largest absolute Gasteiger partial charge is 0.352 e. The first-order valence-corrected chi connectivity index (χ1v) is 3.84. The summed E-state index contributed by atoms with van der Waals surface area (Å²) in [5, 5.41) is 1.09. The van der Waals surface area contributed by atoms with Gasteiger partial charge in [-0.15, -0.1) is 0 Å². The number of aldehydes is 1. The number of H-pyrrole nitrogens is 1. The number of benzene rings is 1. The maximum Gasteiger partial charge on any atom is 0.166 e. The average Bonchev–Trinajstić information content (AvgIpc) is 2.46. The summed E-state index contributed by atoms with van der Waals surface area (Å²) >= 11 is 0. The number of aryl methyl sites for hydroxylation is 1. The van der Waals surface area contributed by atoms with Crippen LogP contribution in [0.1, 0.15) is 16.1 Å². The minimum atomic E-state index is 0.635. The molecular weight excluding hydrogens is 150 g/mol. The number of fused-ring (bicyclic) bond motifs is 1. The summed E-state index contributed by atoms with van der Waals surface area (Å²) in [4.78, 5) is 13.4. The number of hydrogen-bond donors (Lipinski definition) is 1. The van der Waals surface area contributed by atoms with Gasteiger partial charge in [-0.05, 0) is 24.6 Å². The molecule has 2 rings (SSSR count). The molecule has 60 valence electrons. The van der Waals surface area contributed by atoms with E-state index in [1.807, 2.05) is 31.2 Å². The van der Waals surface area contributed by atoms with Crippen molar-refractivity contribution in [1.82, 2.24) is 4.98 Å². The summed E-state index contributed by atoms with van der Waals surface area (Å²) in [5.74, 6) is 0. The smallest absolute Gasteiger partial charge is 0.166 e. The predicted octanol–water partition coefficient (Wildman–Crippen LogP) is 2.29. The van der Waals surface area contributed by atoms with E-state index in [9.17, 15) is 4.79 Å². The molecule has 12 heavy (non-hydrogen) atoms. The third-order valence-corrected chi connectivity index (χ3v) is 1.93. The molecule has 0 fully saturated rings. The van der Waals surface area contributed by atoms with Gasteiger partial charge in [-0.1, -0.05) is 12.1 Å². The average molecular weight is 159 g/mol. The zero-order valence-corrected chi connectivity index (χ0v) is 6.79. The maximum absolute atomic E-state index is 10.4. The van der Waals surface area contributed by atoms with Crippen molar-refractivity contribution in [3.05, 3.63) is 35.5 Å². The standard InChI is InChI=1S/C10H9NO/c1-7-2-3-8-5-9(6-12)11-10(8)4-7/h2-6,11H,1H3. The van der Waals surface area contributed by atoms with E-state index in [0.29, 0.717) is 5.69 Å². The van der Waals surface area contributed by atoms with Gasteiger partial charge in [-0.25, -0.2) is 0 Å². The SMILES string of the molecule is Cc1ccc2cc(C=O)[nH]c2c1. The second kappa shape index (κ2) is 2.48. The first-order chi connectivity index (χ1) is 5.79. The van der Waals surface area contributed by atoms with E-state index in [-0.39, 0.29) is 0 Å². The molecule has 0 atom stereocenters. The fourth-order valence-corrected chi connectivity index (χ4v) is 1.33. The van der Waals surface area contributed by atoms with Gasteiger partial charge in [0.25, 0.3) is 0 Å². The molecule has 0 bridgehead atoms. The van der Waals surface area contributed by atoms with E-state index >= 15 is 0 Å². The Bertz CT molecular complexity index is 428. The highest BCUT2D eigenvalue weighted by atomic mass is 16.1. The van der Waals surface area contributed by atoms with E-state index < -0.39 is 0 Å². The molecule has 0 aliphatic heterocycles. The van der Waals surface area contributed by atoms with Crippen LogP contribution in [0.15, 0.2) is 24.3 Å². The Morgan fingerprint density at radius 1 is 1.33 bits per heavy atom. The number of nitrogens with one attached hydrogen (secondary N) is 1. The lowest BCUT2D eigenvalue weighted by molar-refractivity contribution is 0.112. The van der Waals surface area contributed by atoms with Crippen LogP contribution in [0.4, 0.5) is 0 Å². The highest BCUT2D eigenvalue weighted by Gasteiger charge is 1.98. The minimum Gasteiger partial charge on any atom is -0.352 e. The molecule has 0 aliphatic rings. The quantitative estimate of drug-likeness (QED) is 0.636. The molecule has 2 aromatic rings. The van der Waals surface area contributed by atoms with Crippen LogP contribution in [-0.4, -0.2) is 11.3 Å². The van der Waals surface area contributed by atoms with Gasteiger partial charge in [0.2, 0.25) is 0 Å². The molecule has 0 spiro atoms. The van der Waals surface area contributed by atoms with E-state index in [0.717, 1.165) is 17.2 Å². The molecule has 0 amide bonds. The highest BCUT2D eigenvalue weighted by Crippen LogP contribution is 2.15. The lowest BCUT2D eigenvalue weighted by Gasteiger charge is -1.90. The Morgan fingerprint density at radius 3 is 2.92 bits per heavy atom. The molecule has 2 heteroatoms. The zero-order chi connectivity index (χ0) is 8.55. The minimum absolute atomic E-state index is 0.635. The molecule has 0 unspecified atom stereocenters. The van der Waals surface area contributed by atoms with Crippen molar-refractivity contribution in [3.63, 3.8) is 0 Å². The summed E-state index contributed by atoms with van der Waals surface area (Å²) in [6, 6.07) is 7.92. The van der Waals surface area contributed by atoms with E-state index in [1.54, 1.807) is 0 Å². The van der Waals surface area contributed by atoms with Gasteiger partial charge in [0.05, 0.1) is 5.69 Å². The second-order valence-corrected chi connectivity index (χ2v) is 2.93. The van der Waals surface area contributed by atoms with Crippen LogP contribution in [0.3, 0.4) is 0 Å². The Balaban J connectivity index is 2.75. The van der Waals surface area contributed by atoms with Crippen molar-refractivity contribution in [2.75, 3.05) is 0 Å². The molecule has 1 aromatic carbocycles. The maximum atomic E-state index is 10.4. The first-order valence-electron chi connectivity index (χ1n) is 3.84. The van der Waals surface area contributed by atoms with Crippen LogP contribution < -0.4 is 0 Å². The third kappa shape index (κ3) is 1.01. The van der Waals surface area contributed by atoms with Crippen LogP contribution in [0.5, 0.6) is 0 Å². The number of aromatic amines is 1. The first kappa shape index (κ1) is 7.10. The molecule has 0 saturated carbocycles. The second-order valence-electron chi connectivity index (χ2n) is 2.93. The van der Waals surface area contributed by atoms with Gasteiger partial charge in [0, 0.05) is 10.9 Å². The summed E-state index contributed by atoms with van der Waals surface area (Å²) in [6.07, 6.45) is 0.829. The molecular formula is C10H9NO. The van der Waals surface area contributed by atoms with Gasteiger partial charge in [-0.3, -0.25) is 4.79 Å². The summed E-state index contributed by atoms with van der Waals surface area (Å²) in [5.41, 5.74) is 2.86. The van der Waals surface area contributed by atoms with Crippen LogP contribution in [0.2, 0.25) is 0 Å². The number of rotatable bonds is 1. The lowest BCUT2D eigenvalue weighted by Crippen LogP contribution is -1.75. The van der Waals surface area contributed by atoms with E-state index in [2.05, 4.69) is 4.98 Å². The van der Waals surface area contributed by atoms with Gasteiger partial charge in [0.1, 0.15) is 0 Å². The summed E-state index contributed by atoms with van der Waals surface area (Å²) < 4.78 is 0. The van der Waals surface area contributed by atoms with Crippen LogP contribution in [-0.2, 0) is 0 Å². The van der Waals surface area contributed by atoms with Gasteiger partial charge in [-0.2, -0.15) is 0 Å². The van der Waals surface area contributed by atoms with Crippen LogP contribution in [0, 0.1) is 6.92 Å². The Kier molecular flexibility index (Phi) is 1.47. The highest BCUT2D eigenvalue weighted by molar-refractivity contribution is 5.88. The predicted molar refractivity (Wildman–Crippen MR) is 48.4 cm³/mol. The molecule has 1 N–H and O–H groups in total. The van der Waals surface area contributed by atoms with Crippen molar-refractivity contribution < 1.29 is 4.79 Å². The molecule has 0 saturated heterocycles. The summed E-state index contributed by atoms with van der Waals surface area (Å²) in [6.45, 7) is 2.03. The topological polar surface area (TPSA) is 32.9 Å². The monoisotopic (exact) mass is 159 g/mol. The Morgan fingerprint density at radius 2 is 2.17 bits per heavy atom. The van der Waals surface area contributed by atoms with Gasteiger partial charge < -0.3 is 4.98 Å². The fourth-order valence-electron chi connectivity index (χ4n) is 1.33. The Hall–Kier alpha value is -1.57. The van der Waals surface area contributed by atoms with Gasteiger partial charge >= 0.3 is 0 Å². The Labute approximate surface area is 70.2 Å². The number of carbonyl (C=O) groups excluding carboxylic acids is 1. The molecule has 1 aromatic heterocycles. The molecule has 2 nitrogen and oxygen atoms in total. The number of carbonyl (C=O) groups is 1. The van der Waals surface area contributed by atoms with Crippen LogP contribution in [0.25, 0.3) is 10.9 Å². The molecule has 0 radical (unpaired) electrons. The van der Waals surface area contributed by atoms with Crippen molar-refractivity contribution >= 4 is 17.2 Å². The van der Waals surface area contributed by atoms with Crippen molar-refractivity contribution in [1.29, 1.82) is 0 Å². The zero-order valence-electron chi connectivity index (χ0n) is 6.79. The lowest BCUT2D eigenvalue weighted by atomic mass is 10.2. The molecule has 0 aliphatic carbocycles. The van der Waals surface area contributed by atoms with E-state index in [4.69, 9.17) is 0 Å². The van der Waals surface area contributed by atoms with Gasteiger partial charge in [0.15, 0.2) is 6.29 Å². The van der Waals surface area contributed by atoms with Crippen molar-refractivity contribution in [2.45, 2.75) is 6.92 Å². The number of hydrogen-bond acceptors (Lipinski definition) is 1. The summed E-state index contributed by atoms with van der Waals surface area (Å²) in [7, 11) is 0. The third-order valence-electron chi connectivity index (χ3n) is 1.93. The van der Waals surface area contributed by atoms with Crippen molar-refractivity contribution in [2.24, 2.45) is 0 Å². The van der Waals surface area contributed by atoms with Crippen molar-refractivity contribution in [3.8, 4) is 0 Å². The van der Waals surface area contributed by atoms with E-state index in [1.165, 1.54) is 5.56 Å². The van der Waals surface area contributed by atoms with Crippen LogP contribution >= 0.6 is 0 Å². The number of aromatic nitrogens is 1. The fraction of sp³-hybridized carbons (Fsp3) is 0.100.